The lowest BCUT2D eigenvalue weighted by molar-refractivity contribution is -0.141. The van der Waals surface area contributed by atoms with Crippen LogP contribution in [-0.4, -0.2) is 38.6 Å². The summed E-state index contributed by atoms with van der Waals surface area (Å²) in [6.45, 7) is 2.19. The number of fused-ring (bicyclic) bond motifs is 4. The van der Waals surface area contributed by atoms with Gasteiger partial charge in [-0.2, -0.15) is 5.01 Å². The number of hydrogen-bond acceptors (Lipinski definition) is 7. The van der Waals surface area contributed by atoms with Gasteiger partial charge in [0.25, 0.3) is 11.8 Å². The molecule has 4 aromatic rings. The molecule has 6 atom stereocenters. The second-order valence-corrected chi connectivity index (χ2v) is 14.1. The van der Waals surface area contributed by atoms with E-state index in [0.29, 0.717) is 23.2 Å². The average molecular weight is 644 g/mol. The van der Waals surface area contributed by atoms with Crippen molar-refractivity contribution >= 4 is 40.7 Å². The van der Waals surface area contributed by atoms with E-state index < -0.39 is 35.0 Å². The zero-order valence-electron chi connectivity index (χ0n) is 25.7. The largest absolute Gasteiger partial charge is 0.508 e. The van der Waals surface area contributed by atoms with E-state index in [2.05, 4.69) is 5.43 Å². The van der Waals surface area contributed by atoms with Crippen molar-refractivity contribution in [3.05, 3.63) is 130 Å². The lowest BCUT2D eigenvalue weighted by Gasteiger charge is -2.50. The van der Waals surface area contributed by atoms with Gasteiger partial charge in [0.1, 0.15) is 5.75 Å². The minimum absolute atomic E-state index is 0.0410. The smallest absolute Gasteiger partial charge is 0.260 e. The monoisotopic (exact) mass is 643 g/mol. The zero-order valence-corrected chi connectivity index (χ0v) is 26.5. The molecule has 3 aromatic carbocycles. The Morgan fingerprint density at radius 3 is 2.38 bits per heavy atom. The maximum atomic E-state index is 15.1. The van der Waals surface area contributed by atoms with Gasteiger partial charge in [-0.15, -0.1) is 11.3 Å². The van der Waals surface area contributed by atoms with E-state index in [1.165, 1.54) is 16.2 Å². The van der Waals surface area contributed by atoms with Crippen LogP contribution in [0.4, 0.5) is 5.69 Å². The summed E-state index contributed by atoms with van der Waals surface area (Å²) < 4.78 is 0. The number of hydrazine groups is 1. The number of rotatable bonds is 6. The Hall–Kier alpha value is -5.02. The molecule has 236 valence electrons. The molecule has 9 heteroatoms. The number of carbonyl (C=O) groups excluding carboxylic acids is 4. The summed E-state index contributed by atoms with van der Waals surface area (Å²) in [5.41, 5.74) is 5.64. The molecule has 0 radical (unpaired) electrons. The molecule has 8 nitrogen and oxygen atoms in total. The number of nitrogens with one attached hydrogen (secondary N) is 1. The summed E-state index contributed by atoms with van der Waals surface area (Å²) >= 11 is 1.50. The minimum atomic E-state index is -1.36. The molecular weight excluding hydrogens is 611 g/mol. The van der Waals surface area contributed by atoms with Gasteiger partial charge in [-0.3, -0.25) is 29.5 Å². The maximum absolute atomic E-state index is 15.1. The Morgan fingerprint density at radius 1 is 0.872 bits per heavy atom. The van der Waals surface area contributed by atoms with Crippen molar-refractivity contribution in [1.82, 2.24) is 9.91 Å². The van der Waals surface area contributed by atoms with E-state index in [0.717, 1.165) is 21.0 Å². The van der Waals surface area contributed by atoms with Gasteiger partial charge in [0.15, 0.2) is 0 Å². The number of benzene rings is 3. The van der Waals surface area contributed by atoms with Crippen LogP contribution in [0.15, 0.2) is 108 Å². The van der Waals surface area contributed by atoms with Crippen LogP contribution in [0.25, 0.3) is 0 Å². The zero-order chi connectivity index (χ0) is 32.4. The predicted octanol–water partition coefficient (Wildman–Crippen LogP) is 5.95. The SMILES string of the molecule is Cc1ccc(NN2C(=O)[C@@H]3C[C@@H]4C(=CC[C@@H]5C(=O)N(Cc6cccs6)C(=O)[C@@H]54)[C@H](c4cccc(O)c4)[C@]3(c3ccccc3)C2=O)cc1. The van der Waals surface area contributed by atoms with Gasteiger partial charge in [-0.25, -0.2) is 0 Å². The number of likely N-dealkylation sites (tertiary alicyclic amines) is 1. The topological polar surface area (TPSA) is 107 Å². The van der Waals surface area contributed by atoms with Crippen molar-refractivity contribution in [2.24, 2.45) is 23.7 Å². The summed E-state index contributed by atoms with van der Waals surface area (Å²) in [4.78, 5) is 60.0. The van der Waals surface area contributed by atoms with Crippen molar-refractivity contribution in [3.63, 3.8) is 0 Å². The van der Waals surface area contributed by atoms with E-state index in [9.17, 15) is 19.5 Å². The predicted molar refractivity (Wildman–Crippen MR) is 177 cm³/mol. The van der Waals surface area contributed by atoms with Crippen LogP contribution >= 0.6 is 11.3 Å². The summed E-state index contributed by atoms with van der Waals surface area (Å²) in [5.74, 6) is -4.25. The standard InChI is InChI=1S/C38H33N3O5S/c1-22-12-14-25(15-13-22)39-41-35(44)31-20-30-28(16-17-29-32(30)36(45)40(34(29)43)21-27-11-6-18-47-27)33(23-7-5-10-26(42)19-23)38(31,37(41)46)24-8-3-2-4-9-24/h2-16,18-19,29-33,39,42H,17,20-21H2,1H3/t29-,30+,31-,32-,33-,38+/m0/s1. The number of nitrogens with zero attached hydrogens (tertiary/aromatic N) is 2. The van der Waals surface area contributed by atoms with E-state index in [4.69, 9.17) is 0 Å². The van der Waals surface area contributed by atoms with Crippen LogP contribution in [0.2, 0.25) is 0 Å². The third-order valence-corrected chi connectivity index (χ3v) is 11.4. The van der Waals surface area contributed by atoms with Gasteiger partial charge in [-0.1, -0.05) is 77.9 Å². The summed E-state index contributed by atoms with van der Waals surface area (Å²) in [6, 6.07) is 27.6. The van der Waals surface area contributed by atoms with E-state index in [-0.39, 0.29) is 42.3 Å². The number of anilines is 1. The molecule has 2 aliphatic heterocycles. The van der Waals surface area contributed by atoms with Crippen molar-refractivity contribution in [2.45, 2.75) is 37.6 Å². The Bertz CT molecular complexity index is 1940. The van der Waals surface area contributed by atoms with Crippen LogP contribution in [0.1, 0.15) is 40.3 Å². The summed E-state index contributed by atoms with van der Waals surface area (Å²) in [6.07, 6.45) is 2.63. The lowest BCUT2D eigenvalue weighted by Crippen LogP contribution is -2.53. The van der Waals surface area contributed by atoms with Crippen molar-refractivity contribution in [1.29, 1.82) is 0 Å². The van der Waals surface area contributed by atoms with Gasteiger partial charge in [0, 0.05) is 10.8 Å². The number of amides is 4. The molecule has 3 fully saturated rings. The Kier molecular flexibility index (Phi) is 6.91. The van der Waals surface area contributed by atoms with Crippen LogP contribution < -0.4 is 5.43 Å². The number of phenols is 1. The third kappa shape index (κ3) is 4.40. The third-order valence-electron chi connectivity index (χ3n) is 10.6. The molecule has 1 saturated carbocycles. The van der Waals surface area contributed by atoms with Crippen LogP contribution in [0.3, 0.4) is 0 Å². The highest BCUT2D eigenvalue weighted by Crippen LogP contribution is 2.64. The highest BCUT2D eigenvalue weighted by Gasteiger charge is 2.70. The summed E-state index contributed by atoms with van der Waals surface area (Å²) in [7, 11) is 0. The number of phenolic OH excluding ortho intramolecular Hbond substituents is 1. The van der Waals surface area contributed by atoms with Crippen LogP contribution in [-0.2, 0) is 31.1 Å². The highest BCUT2D eigenvalue weighted by molar-refractivity contribution is 7.09. The number of imide groups is 2. The van der Waals surface area contributed by atoms with Crippen molar-refractivity contribution in [3.8, 4) is 5.75 Å². The number of aryl methyl sites for hydroxylation is 1. The number of allylic oxidation sites excluding steroid dienone is 2. The fourth-order valence-electron chi connectivity index (χ4n) is 8.61. The van der Waals surface area contributed by atoms with Gasteiger partial charge in [0.05, 0.1) is 35.4 Å². The second kappa shape index (κ2) is 11.1. The molecule has 47 heavy (non-hydrogen) atoms. The molecule has 8 rings (SSSR count). The molecule has 3 heterocycles. The fraction of sp³-hybridized carbons (Fsp3) is 0.263. The van der Waals surface area contributed by atoms with E-state index >= 15 is 4.79 Å². The number of carbonyl (C=O) groups is 4. The van der Waals surface area contributed by atoms with Crippen molar-refractivity contribution < 1.29 is 24.3 Å². The number of aromatic hydroxyl groups is 1. The molecule has 0 bridgehead atoms. The molecular formula is C38H33N3O5S. The lowest BCUT2D eigenvalue weighted by atomic mass is 9.49. The Labute approximate surface area is 276 Å². The van der Waals surface area contributed by atoms with Crippen LogP contribution in [0.5, 0.6) is 5.75 Å². The number of hydrogen-bond donors (Lipinski definition) is 2. The van der Waals surface area contributed by atoms with E-state index in [1.807, 2.05) is 91.2 Å². The first-order valence-electron chi connectivity index (χ1n) is 15.9. The molecule has 4 amide bonds. The maximum Gasteiger partial charge on any atom is 0.260 e. The fourth-order valence-corrected chi connectivity index (χ4v) is 9.30. The highest BCUT2D eigenvalue weighted by atomic mass is 32.1. The van der Waals surface area contributed by atoms with E-state index in [1.54, 1.807) is 18.2 Å². The molecule has 2 aliphatic carbocycles. The van der Waals surface area contributed by atoms with Gasteiger partial charge in [0.2, 0.25) is 11.8 Å². The molecule has 2 saturated heterocycles. The quantitative estimate of drug-likeness (QED) is 0.199. The molecule has 2 N–H and O–H groups in total. The number of thiophene rings is 1. The van der Waals surface area contributed by atoms with Gasteiger partial charge in [-0.05, 0) is 72.5 Å². The molecule has 0 spiro atoms. The molecule has 4 aliphatic rings. The normalized spacial score (nSPS) is 28.2. The van der Waals surface area contributed by atoms with Crippen molar-refractivity contribution in [2.75, 3.05) is 5.43 Å². The molecule has 1 aromatic heterocycles. The first kappa shape index (κ1) is 29.4. The van der Waals surface area contributed by atoms with Gasteiger partial charge < -0.3 is 5.11 Å². The minimum Gasteiger partial charge on any atom is -0.508 e. The van der Waals surface area contributed by atoms with Crippen LogP contribution in [0, 0.1) is 30.6 Å². The first-order chi connectivity index (χ1) is 22.8. The molecule has 0 unspecified atom stereocenters. The Morgan fingerprint density at radius 2 is 1.66 bits per heavy atom. The first-order valence-corrected chi connectivity index (χ1v) is 16.8. The Balaban J connectivity index is 1.29. The average Bonchev–Trinajstić information content (AvgIpc) is 3.74. The van der Waals surface area contributed by atoms with Gasteiger partial charge >= 0.3 is 0 Å². The summed E-state index contributed by atoms with van der Waals surface area (Å²) in [5, 5.41) is 13.8. The second-order valence-electron chi connectivity index (χ2n) is 13.0.